The van der Waals surface area contributed by atoms with Gasteiger partial charge in [0.25, 0.3) is 0 Å². The molecule has 112 valence electrons. The molecule has 0 bridgehead atoms. The van der Waals surface area contributed by atoms with Gasteiger partial charge in [-0.2, -0.15) is 0 Å². The van der Waals surface area contributed by atoms with E-state index in [2.05, 4.69) is 17.6 Å². The van der Waals surface area contributed by atoms with Crippen LogP contribution in [-0.4, -0.2) is 50.0 Å². The van der Waals surface area contributed by atoms with Gasteiger partial charge in [0.15, 0.2) is 0 Å². The maximum Gasteiger partial charge on any atom is 0.227 e. The lowest BCUT2D eigenvalue weighted by Gasteiger charge is -2.18. The minimum Gasteiger partial charge on any atom is -0.396 e. The van der Waals surface area contributed by atoms with Crippen molar-refractivity contribution >= 4 is 5.91 Å². The van der Waals surface area contributed by atoms with E-state index in [4.69, 9.17) is 9.84 Å². The summed E-state index contributed by atoms with van der Waals surface area (Å²) in [4.78, 5) is 12.1. The Kier molecular flexibility index (Phi) is 8.02. The number of ether oxygens (including phenoxy) is 1. The van der Waals surface area contributed by atoms with E-state index < -0.39 is 0 Å². The molecule has 19 heavy (non-hydrogen) atoms. The molecule has 0 spiro atoms. The Morgan fingerprint density at radius 2 is 2.21 bits per heavy atom. The number of aliphatic hydroxyl groups is 1. The SMILES string of the molecule is CCCNC1COCC1C(=O)NCCCC(C)CO. The van der Waals surface area contributed by atoms with Crippen LogP contribution in [0.25, 0.3) is 0 Å². The van der Waals surface area contributed by atoms with Gasteiger partial charge >= 0.3 is 0 Å². The third-order valence-electron chi connectivity index (χ3n) is 3.56. The Balaban J connectivity index is 2.20. The summed E-state index contributed by atoms with van der Waals surface area (Å²) in [6.45, 7) is 7.08. The Bertz CT molecular complexity index is 261. The molecule has 1 aliphatic heterocycles. The number of rotatable bonds is 9. The Morgan fingerprint density at radius 1 is 1.42 bits per heavy atom. The molecule has 1 saturated heterocycles. The lowest BCUT2D eigenvalue weighted by atomic mass is 10.0. The summed E-state index contributed by atoms with van der Waals surface area (Å²) in [7, 11) is 0. The van der Waals surface area contributed by atoms with Crippen molar-refractivity contribution in [2.45, 2.75) is 39.2 Å². The summed E-state index contributed by atoms with van der Waals surface area (Å²) in [5.74, 6) is 0.329. The predicted molar refractivity (Wildman–Crippen MR) is 74.9 cm³/mol. The highest BCUT2D eigenvalue weighted by Crippen LogP contribution is 2.14. The average Bonchev–Trinajstić information content (AvgIpc) is 2.89. The van der Waals surface area contributed by atoms with Crippen LogP contribution < -0.4 is 10.6 Å². The zero-order valence-electron chi connectivity index (χ0n) is 12.2. The lowest BCUT2D eigenvalue weighted by Crippen LogP contribution is -2.44. The maximum atomic E-state index is 12.1. The molecule has 3 atom stereocenters. The fraction of sp³-hybridized carbons (Fsp3) is 0.929. The summed E-state index contributed by atoms with van der Waals surface area (Å²) in [6, 6.07) is 0.149. The summed E-state index contributed by atoms with van der Waals surface area (Å²) in [6.07, 6.45) is 2.91. The fourth-order valence-electron chi connectivity index (χ4n) is 2.23. The van der Waals surface area contributed by atoms with E-state index in [1.54, 1.807) is 0 Å². The minimum atomic E-state index is -0.0678. The predicted octanol–water partition coefficient (Wildman–Crippen LogP) is 0.526. The number of hydrogen-bond acceptors (Lipinski definition) is 4. The minimum absolute atomic E-state index is 0.0678. The van der Waals surface area contributed by atoms with Crippen LogP contribution in [0.2, 0.25) is 0 Å². The van der Waals surface area contributed by atoms with Gasteiger partial charge in [0.05, 0.1) is 19.1 Å². The van der Waals surface area contributed by atoms with Crippen molar-refractivity contribution in [1.82, 2.24) is 10.6 Å². The first-order chi connectivity index (χ1) is 9.19. The molecular weight excluding hydrogens is 244 g/mol. The van der Waals surface area contributed by atoms with Crippen LogP contribution in [0.3, 0.4) is 0 Å². The summed E-state index contributed by atoms with van der Waals surface area (Å²) in [5, 5.41) is 15.3. The van der Waals surface area contributed by atoms with E-state index in [0.29, 0.717) is 25.7 Å². The van der Waals surface area contributed by atoms with E-state index >= 15 is 0 Å². The number of aliphatic hydroxyl groups excluding tert-OH is 1. The first-order valence-electron chi connectivity index (χ1n) is 7.38. The molecule has 0 aromatic heterocycles. The largest absolute Gasteiger partial charge is 0.396 e. The Hall–Kier alpha value is -0.650. The molecule has 0 radical (unpaired) electrons. The van der Waals surface area contributed by atoms with Crippen LogP contribution in [0, 0.1) is 11.8 Å². The van der Waals surface area contributed by atoms with E-state index in [0.717, 1.165) is 25.8 Å². The van der Waals surface area contributed by atoms with E-state index in [1.807, 2.05) is 6.92 Å². The average molecular weight is 272 g/mol. The Morgan fingerprint density at radius 3 is 2.89 bits per heavy atom. The number of nitrogens with one attached hydrogen (secondary N) is 2. The van der Waals surface area contributed by atoms with Crippen LogP contribution in [0.4, 0.5) is 0 Å². The Labute approximate surface area is 116 Å². The number of amides is 1. The molecular formula is C14H28N2O3. The van der Waals surface area contributed by atoms with Crippen molar-refractivity contribution in [3.63, 3.8) is 0 Å². The number of carbonyl (C=O) groups is 1. The highest BCUT2D eigenvalue weighted by Gasteiger charge is 2.33. The molecule has 5 heteroatoms. The van der Waals surface area contributed by atoms with Crippen LogP contribution in [-0.2, 0) is 9.53 Å². The van der Waals surface area contributed by atoms with E-state index in [-0.39, 0.29) is 24.5 Å². The van der Waals surface area contributed by atoms with Gasteiger partial charge < -0.3 is 20.5 Å². The molecule has 0 aliphatic carbocycles. The van der Waals surface area contributed by atoms with Crippen molar-refractivity contribution in [3.8, 4) is 0 Å². The normalized spacial score (nSPS) is 24.4. The number of hydrogen-bond donors (Lipinski definition) is 3. The van der Waals surface area contributed by atoms with Gasteiger partial charge in [0.2, 0.25) is 5.91 Å². The van der Waals surface area contributed by atoms with Crippen molar-refractivity contribution in [1.29, 1.82) is 0 Å². The summed E-state index contributed by atoms with van der Waals surface area (Å²) >= 11 is 0. The second kappa shape index (κ2) is 9.28. The zero-order valence-corrected chi connectivity index (χ0v) is 12.2. The fourth-order valence-corrected chi connectivity index (χ4v) is 2.23. The molecule has 0 aromatic rings. The topological polar surface area (TPSA) is 70.6 Å². The molecule has 5 nitrogen and oxygen atoms in total. The van der Waals surface area contributed by atoms with Gasteiger partial charge in [-0.3, -0.25) is 4.79 Å². The van der Waals surface area contributed by atoms with Gasteiger partial charge in [0, 0.05) is 19.2 Å². The molecule has 1 amide bonds. The molecule has 1 heterocycles. The smallest absolute Gasteiger partial charge is 0.227 e. The first kappa shape index (κ1) is 16.4. The van der Waals surface area contributed by atoms with Gasteiger partial charge in [-0.1, -0.05) is 13.8 Å². The first-order valence-corrected chi connectivity index (χ1v) is 7.38. The van der Waals surface area contributed by atoms with Gasteiger partial charge in [0.1, 0.15) is 0 Å². The third-order valence-corrected chi connectivity index (χ3v) is 3.56. The summed E-state index contributed by atoms with van der Waals surface area (Å²) in [5.41, 5.74) is 0. The molecule has 3 unspecified atom stereocenters. The standard InChI is InChI=1S/C14H28N2O3/c1-3-6-15-13-10-19-9-12(13)14(18)16-7-4-5-11(2)8-17/h11-13,15,17H,3-10H2,1-2H3,(H,16,18). The third kappa shape index (κ3) is 5.89. The lowest BCUT2D eigenvalue weighted by molar-refractivity contribution is -0.125. The molecule has 3 N–H and O–H groups in total. The van der Waals surface area contributed by atoms with Gasteiger partial charge in [-0.15, -0.1) is 0 Å². The van der Waals surface area contributed by atoms with Gasteiger partial charge in [-0.25, -0.2) is 0 Å². The van der Waals surface area contributed by atoms with E-state index in [1.165, 1.54) is 0 Å². The van der Waals surface area contributed by atoms with Crippen LogP contribution in [0.15, 0.2) is 0 Å². The molecule has 1 rings (SSSR count). The highest BCUT2D eigenvalue weighted by atomic mass is 16.5. The quantitative estimate of drug-likeness (QED) is 0.535. The molecule has 0 saturated carbocycles. The molecule has 0 aromatic carbocycles. The molecule has 1 fully saturated rings. The van der Waals surface area contributed by atoms with Crippen molar-refractivity contribution in [2.75, 3.05) is 32.9 Å². The van der Waals surface area contributed by atoms with Gasteiger partial charge in [-0.05, 0) is 31.7 Å². The van der Waals surface area contributed by atoms with Crippen molar-refractivity contribution < 1.29 is 14.6 Å². The van der Waals surface area contributed by atoms with Crippen LogP contribution >= 0.6 is 0 Å². The zero-order chi connectivity index (χ0) is 14.1. The summed E-state index contributed by atoms with van der Waals surface area (Å²) < 4.78 is 5.39. The monoisotopic (exact) mass is 272 g/mol. The van der Waals surface area contributed by atoms with Crippen LogP contribution in [0.5, 0.6) is 0 Å². The van der Waals surface area contributed by atoms with Crippen LogP contribution in [0.1, 0.15) is 33.1 Å². The highest BCUT2D eigenvalue weighted by molar-refractivity contribution is 5.79. The maximum absolute atomic E-state index is 12.1. The van der Waals surface area contributed by atoms with Crippen molar-refractivity contribution in [3.05, 3.63) is 0 Å². The second-order valence-electron chi connectivity index (χ2n) is 5.43. The second-order valence-corrected chi connectivity index (χ2v) is 5.43. The molecule has 1 aliphatic rings. The number of carbonyl (C=O) groups excluding carboxylic acids is 1. The van der Waals surface area contributed by atoms with E-state index in [9.17, 15) is 4.79 Å². The van der Waals surface area contributed by atoms with Crippen molar-refractivity contribution in [2.24, 2.45) is 11.8 Å².